The molecule has 0 aliphatic carbocycles. The number of esters is 2. The van der Waals surface area contributed by atoms with Gasteiger partial charge in [-0.3, -0.25) is 4.79 Å². The summed E-state index contributed by atoms with van der Waals surface area (Å²) in [7, 11) is 0. The van der Waals surface area contributed by atoms with Crippen molar-refractivity contribution in [1.29, 1.82) is 0 Å². The third kappa shape index (κ3) is 8.29. The standard InChI is InChI=1S/C28H38N2O4S/c1-4-5-6-7-8-13-27(31)33-20-34-28(32)24-19-29-16-17-30(24)23-11-9-10-12-26(23)35-25-15-14-21(2)18-22(25)3/h9-12,14-15,18,24,29H,4-8,13,16-17,19-20H2,1-3H3. The highest BCUT2D eigenvalue weighted by Gasteiger charge is 2.31. The predicted octanol–water partition coefficient (Wildman–Crippen LogP) is 5.64. The summed E-state index contributed by atoms with van der Waals surface area (Å²) in [5, 5.41) is 3.29. The number of ether oxygens (including phenoxy) is 2. The molecular formula is C28H38N2O4S. The van der Waals surface area contributed by atoms with E-state index in [0.717, 1.165) is 36.4 Å². The Kier molecular flexibility index (Phi) is 10.9. The number of nitrogens with one attached hydrogen (secondary N) is 1. The van der Waals surface area contributed by atoms with E-state index >= 15 is 0 Å². The summed E-state index contributed by atoms with van der Waals surface area (Å²) in [5.41, 5.74) is 3.47. The lowest BCUT2D eigenvalue weighted by Crippen LogP contribution is -2.56. The van der Waals surface area contributed by atoms with Crippen molar-refractivity contribution in [2.75, 3.05) is 31.3 Å². The summed E-state index contributed by atoms with van der Waals surface area (Å²) in [5.74, 6) is -0.706. The Morgan fingerprint density at radius 1 is 1.03 bits per heavy atom. The predicted molar refractivity (Wildman–Crippen MR) is 141 cm³/mol. The topological polar surface area (TPSA) is 67.9 Å². The van der Waals surface area contributed by atoms with E-state index in [9.17, 15) is 9.59 Å². The number of hydrogen-bond acceptors (Lipinski definition) is 7. The fourth-order valence-corrected chi connectivity index (χ4v) is 5.24. The number of hydrogen-bond donors (Lipinski definition) is 1. The number of anilines is 1. The minimum absolute atomic E-state index is 0.317. The molecule has 190 valence electrons. The first-order chi connectivity index (χ1) is 17.0. The van der Waals surface area contributed by atoms with Crippen molar-refractivity contribution in [3.63, 3.8) is 0 Å². The number of piperazine rings is 1. The number of carbonyl (C=O) groups excluding carboxylic acids is 2. The molecule has 0 saturated carbocycles. The normalized spacial score (nSPS) is 15.6. The Morgan fingerprint density at radius 2 is 1.83 bits per heavy atom. The molecule has 0 spiro atoms. The van der Waals surface area contributed by atoms with Crippen LogP contribution in [0.15, 0.2) is 52.3 Å². The lowest BCUT2D eigenvalue weighted by atomic mass is 10.1. The van der Waals surface area contributed by atoms with Gasteiger partial charge < -0.3 is 19.7 Å². The third-order valence-corrected chi connectivity index (χ3v) is 7.39. The van der Waals surface area contributed by atoms with Gasteiger partial charge in [-0.25, -0.2) is 4.79 Å². The van der Waals surface area contributed by atoms with Gasteiger partial charge in [0.2, 0.25) is 6.79 Å². The highest BCUT2D eigenvalue weighted by molar-refractivity contribution is 7.99. The van der Waals surface area contributed by atoms with Gasteiger partial charge in [-0.2, -0.15) is 0 Å². The van der Waals surface area contributed by atoms with Crippen LogP contribution >= 0.6 is 11.8 Å². The van der Waals surface area contributed by atoms with Crippen molar-refractivity contribution in [2.24, 2.45) is 0 Å². The Hall–Kier alpha value is -2.51. The first-order valence-corrected chi connectivity index (χ1v) is 13.4. The molecule has 1 fully saturated rings. The van der Waals surface area contributed by atoms with Gasteiger partial charge in [-0.15, -0.1) is 0 Å². The van der Waals surface area contributed by atoms with E-state index in [4.69, 9.17) is 9.47 Å². The zero-order valence-electron chi connectivity index (χ0n) is 21.2. The highest BCUT2D eigenvalue weighted by Crippen LogP contribution is 2.38. The Morgan fingerprint density at radius 3 is 2.63 bits per heavy atom. The summed E-state index contributed by atoms with van der Waals surface area (Å²) < 4.78 is 10.5. The molecule has 2 aromatic carbocycles. The second-order valence-corrected chi connectivity index (χ2v) is 10.1. The minimum Gasteiger partial charge on any atom is -0.428 e. The average Bonchev–Trinajstić information content (AvgIpc) is 2.86. The van der Waals surface area contributed by atoms with Crippen molar-refractivity contribution >= 4 is 29.4 Å². The molecule has 1 atom stereocenters. The molecule has 0 radical (unpaired) electrons. The second kappa shape index (κ2) is 14.1. The lowest BCUT2D eigenvalue weighted by molar-refractivity contribution is -0.168. The van der Waals surface area contributed by atoms with Gasteiger partial charge in [0.05, 0.1) is 5.69 Å². The third-order valence-electron chi connectivity index (χ3n) is 6.15. The van der Waals surface area contributed by atoms with Crippen LogP contribution in [0.5, 0.6) is 0 Å². The number of para-hydroxylation sites is 1. The number of rotatable bonds is 12. The molecule has 1 aliphatic heterocycles. The van der Waals surface area contributed by atoms with Crippen LogP contribution < -0.4 is 10.2 Å². The smallest absolute Gasteiger partial charge is 0.332 e. The van der Waals surface area contributed by atoms with Gasteiger partial charge in [-0.1, -0.05) is 74.2 Å². The van der Waals surface area contributed by atoms with Gasteiger partial charge >= 0.3 is 11.9 Å². The Labute approximate surface area is 213 Å². The largest absolute Gasteiger partial charge is 0.428 e. The molecule has 1 aliphatic rings. The number of unbranched alkanes of at least 4 members (excludes halogenated alkanes) is 4. The van der Waals surface area contributed by atoms with Crippen LogP contribution in [0.3, 0.4) is 0 Å². The lowest BCUT2D eigenvalue weighted by Gasteiger charge is -2.37. The molecule has 2 aromatic rings. The Bertz CT molecular complexity index is 981. The molecule has 0 amide bonds. The van der Waals surface area contributed by atoms with Crippen LogP contribution in [0.4, 0.5) is 5.69 Å². The molecule has 1 N–H and O–H groups in total. The van der Waals surface area contributed by atoms with Gasteiger partial charge in [0.25, 0.3) is 0 Å². The van der Waals surface area contributed by atoms with Crippen LogP contribution in [0.25, 0.3) is 0 Å². The fourth-order valence-electron chi connectivity index (χ4n) is 4.21. The number of nitrogens with zero attached hydrogens (tertiary/aromatic N) is 1. The maximum absolute atomic E-state index is 13.0. The monoisotopic (exact) mass is 498 g/mol. The quantitative estimate of drug-likeness (QED) is 0.231. The number of aryl methyl sites for hydroxylation is 2. The minimum atomic E-state index is -0.489. The molecule has 1 unspecified atom stereocenters. The van der Waals surface area contributed by atoms with E-state index in [1.807, 2.05) is 12.1 Å². The molecular weight excluding hydrogens is 460 g/mol. The van der Waals surface area contributed by atoms with Crippen LogP contribution in [-0.4, -0.2) is 44.4 Å². The second-order valence-electron chi connectivity index (χ2n) is 9.01. The van der Waals surface area contributed by atoms with Gasteiger partial charge in [0, 0.05) is 35.8 Å². The van der Waals surface area contributed by atoms with E-state index in [2.05, 4.69) is 61.3 Å². The van der Waals surface area contributed by atoms with Crippen LogP contribution in [0.1, 0.15) is 56.6 Å². The van der Waals surface area contributed by atoms with Crippen LogP contribution in [-0.2, 0) is 19.1 Å². The molecule has 6 nitrogen and oxygen atoms in total. The first kappa shape index (κ1) is 27.1. The highest BCUT2D eigenvalue weighted by atomic mass is 32.2. The fraction of sp³-hybridized carbons (Fsp3) is 0.500. The van der Waals surface area contributed by atoms with Crippen molar-refractivity contribution < 1.29 is 19.1 Å². The van der Waals surface area contributed by atoms with E-state index in [-0.39, 0.29) is 18.7 Å². The summed E-state index contributed by atoms with van der Waals surface area (Å²) in [4.78, 5) is 29.3. The van der Waals surface area contributed by atoms with Gasteiger partial charge in [0.1, 0.15) is 6.04 Å². The maximum Gasteiger partial charge on any atom is 0.332 e. The van der Waals surface area contributed by atoms with Crippen molar-refractivity contribution in [3.05, 3.63) is 53.6 Å². The molecule has 3 rings (SSSR count). The summed E-state index contributed by atoms with van der Waals surface area (Å²) >= 11 is 1.71. The maximum atomic E-state index is 13.0. The molecule has 1 heterocycles. The van der Waals surface area contributed by atoms with E-state index < -0.39 is 6.04 Å². The average molecular weight is 499 g/mol. The van der Waals surface area contributed by atoms with Crippen molar-refractivity contribution in [3.8, 4) is 0 Å². The first-order valence-electron chi connectivity index (χ1n) is 12.6. The van der Waals surface area contributed by atoms with Crippen LogP contribution in [0, 0.1) is 13.8 Å². The Balaban J connectivity index is 1.59. The summed E-state index contributed by atoms with van der Waals surface area (Å²) in [6, 6.07) is 14.1. The summed E-state index contributed by atoms with van der Waals surface area (Å²) in [6.45, 7) is 7.98. The summed E-state index contributed by atoms with van der Waals surface area (Å²) in [6.07, 6.45) is 5.67. The van der Waals surface area contributed by atoms with Crippen molar-refractivity contribution in [1.82, 2.24) is 5.32 Å². The van der Waals surface area contributed by atoms with Crippen LogP contribution in [0.2, 0.25) is 0 Å². The molecule has 0 aromatic heterocycles. The van der Waals surface area contributed by atoms with Gasteiger partial charge in [-0.05, 0) is 44.0 Å². The zero-order valence-corrected chi connectivity index (χ0v) is 22.0. The van der Waals surface area contributed by atoms with E-state index in [1.165, 1.54) is 28.9 Å². The van der Waals surface area contributed by atoms with E-state index in [1.54, 1.807) is 11.8 Å². The SMILES string of the molecule is CCCCCCCC(=O)OCOC(=O)C1CNCCN1c1ccccc1Sc1ccc(C)cc1C. The molecule has 35 heavy (non-hydrogen) atoms. The number of benzene rings is 2. The molecule has 0 bridgehead atoms. The number of carbonyl (C=O) groups is 2. The van der Waals surface area contributed by atoms with E-state index in [0.29, 0.717) is 19.5 Å². The van der Waals surface area contributed by atoms with Crippen molar-refractivity contribution in [2.45, 2.75) is 75.1 Å². The molecule has 7 heteroatoms. The van der Waals surface area contributed by atoms with Gasteiger partial charge in [0.15, 0.2) is 0 Å². The zero-order chi connectivity index (χ0) is 25.0. The molecule has 1 saturated heterocycles.